The van der Waals surface area contributed by atoms with E-state index < -0.39 is 0 Å². The second kappa shape index (κ2) is 8.10. The van der Waals surface area contributed by atoms with Gasteiger partial charge in [0.05, 0.1) is 7.11 Å². The third-order valence-corrected chi connectivity index (χ3v) is 4.11. The van der Waals surface area contributed by atoms with Crippen LogP contribution < -0.4 is 10.1 Å². The van der Waals surface area contributed by atoms with E-state index in [1.165, 1.54) is 5.56 Å². The molecule has 0 amide bonds. The predicted molar refractivity (Wildman–Crippen MR) is 86.9 cm³/mol. The monoisotopic (exact) mass is 305 g/mol. The lowest BCUT2D eigenvalue weighted by molar-refractivity contribution is 0.414. The molecule has 0 atom stereocenters. The number of hydrogen-bond donors (Lipinski definition) is 1. The number of hydrogen-bond acceptors (Lipinski definition) is 5. The molecule has 0 spiro atoms. The van der Waals surface area contributed by atoms with Crippen molar-refractivity contribution in [2.45, 2.75) is 33.2 Å². The topological polar surface area (TPSA) is 47.0 Å². The fourth-order valence-corrected chi connectivity index (χ4v) is 2.79. The van der Waals surface area contributed by atoms with Gasteiger partial charge in [-0.2, -0.15) is 0 Å². The maximum atomic E-state index is 5.16. The van der Waals surface area contributed by atoms with Crippen molar-refractivity contribution >= 4 is 11.3 Å². The number of ether oxygens (including phenoxy) is 1. The Kier molecular flexibility index (Phi) is 6.14. The standard InChI is InChI=1S/C16H23N3OS/c1-12(2)10-17-11-16-19-18-15(21-16)9-6-13-4-7-14(20-3)8-5-13/h4-5,7-8,12,17H,6,9-11H2,1-3H3. The van der Waals surface area contributed by atoms with Crippen LogP contribution in [-0.4, -0.2) is 23.9 Å². The highest BCUT2D eigenvalue weighted by Crippen LogP contribution is 2.15. The molecule has 2 rings (SSSR count). The van der Waals surface area contributed by atoms with E-state index in [4.69, 9.17) is 4.74 Å². The zero-order valence-electron chi connectivity index (χ0n) is 12.9. The molecule has 4 nitrogen and oxygen atoms in total. The molecule has 1 aromatic heterocycles. The largest absolute Gasteiger partial charge is 0.497 e. The first-order valence-electron chi connectivity index (χ1n) is 7.32. The second-order valence-electron chi connectivity index (χ2n) is 5.46. The molecule has 1 heterocycles. The average molecular weight is 305 g/mol. The van der Waals surface area contributed by atoms with Crippen molar-refractivity contribution in [1.29, 1.82) is 0 Å². The summed E-state index contributed by atoms with van der Waals surface area (Å²) in [6, 6.07) is 8.20. The Morgan fingerprint density at radius 2 is 1.81 bits per heavy atom. The molecule has 0 bridgehead atoms. The van der Waals surface area contributed by atoms with Crippen LogP contribution in [0.4, 0.5) is 0 Å². The maximum Gasteiger partial charge on any atom is 0.131 e. The summed E-state index contributed by atoms with van der Waals surface area (Å²) in [5.41, 5.74) is 1.30. The van der Waals surface area contributed by atoms with Crippen molar-refractivity contribution in [2.75, 3.05) is 13.7 Å². The van der Waals surface area contributed by atoms with E-state index in [1.54, 1.807) is 18.4 Å². The summed E-state index contributed by atoms with van der Waals surface area (Å²) in [6.07, 6.45) is 1.92. The van der Waals surface area contributed by atoms with Gasteiger partial charge in [0.2, 0.25) is 0 Å². The summed E-state index contributed by atoms with van der Waals surface area (Å²) in [5, 5.41) is 14.1. The molecular formula is C16H23N3OS. The third kappa shape index (κ3) is 5.44. The number of benzene rings is 1. The summed E-state index contributed by atoms with van der Waals surface area (Å²) >= 11 is 1.70. The van der Waals surface area contributed by atoms with Crippen LogP contribution in [0.25, 0.3) is 0 Å². The van der Waals surface area contributed by atoms with Crippen LogP contribution in [0, 0.1) is 5.92 Å². The van der Waals surface area contributed by atoms with E-state index in [0.717, 1.165) is 41.7 Å². The SMILES string of the molecule is COc1ccc(CCc2nnc(CNCC(C)C)s2)cc1. The first-order valence-corrected chi connectivity index (χ1v) is 8.14. The quantitative estimate of drug-likeness (QED) is 0.814. The molecule has 114 valence electrons. The molecule has 0 radical (unpaired) electrons. The molecule has 1 N–H and O–H groups in total. The molecule has 2 aromatic rings. The third-order valence-electron chi connectivity index (χ3n) is 3.12. The van der Waals surface area contributed by atoms with Gasteiger partial charge < -0.3 is 10.1 Å². The highest BCUT2D eigenvalue weighted by molar-refractivity contribution is 7.11. The van der Waals surface area contributed by atoms with Gasteiger partial charge in [-0.25, -0.2) is 0 Å². The summed E-state index contributed by atoms with van der Waals surface area (Å²) < 4.78 is 5.16. The van der Waals surface area contributed by atoms with Crippen LogP contribution in [0.3, 0.4) is 0 Å². The predicted octanol–water partition coefficient (Wildman–Crippen LogP) is 3.08. The minimum absolute atomic E-state index is 0.660. The van der Waals surface area contributed by atoms with Gasteiger partial charge in [0.25, 0.3) is 0 Å². The van der Waals surface area contributed by atoms with Gasteiger partial charge in [0.1, 0.15) is 15.8 Å². The molecule has 1 aromatic carbocycles. The number of rotatable bonds is 8. The molecule has 0 unspecified atom stereocenters. The van der Waals surface area contributed by atoms with Crippen molar-refractivity contribution in [3.05, 3.63) is 39.8 Å². The fourth-order valence-electron chi connectivity index (χ4n) is 1.97. The number of nitrogens with one attached hydrogen (secondary N) is 1. The Morgan fingerprint density at radius 3 is 2.48 bits per heavy atom. The molecule has 0 fully saturated rings. The van der Waals surface area contributed by atoms with Crippen molar-refractivity contribution < 1.29 is 4.74 Å². The molecule has 0 saturated heterocycles. The van der Waals surface area contributed by atoms with Gasteiger partial charge in [0, 0.05) is 13.0 Å². The second-order valence-corrected chi connectivity index (χ2v) is 6.61. The molecule has 0 saturated carbocycles. The molecule has 0 aliphatic heterocycles. The zero-order chi connectivity index (χ0) is 15.1. The summed E-state index contributed by atoms with van der Waals surface area (Å²) in [4.78, 5) is 0. The number of nitrogens with zero attached hydrogens (tertiary/aromatic N) is 2. The fraction of sp³-hybridized carbons (Fsp3) is 0.500. The van der Waals surface area contributed by atoms with Crippen LogP contribution in [0.2, 0.25) is 0 Å². The first-order chi connectivity index (χ1) is 10.2. The Hall–Kier alpha value is -1.46. The van der Waals surface area contributed by atoms with Crippen molar-refractivity contribution in [1.82, 2.24) is 15.5 Å². The highest BCUT2D eigenvalue weighted by Gasteiger charge is 2.05. The lowest BCUT2D eigenvalue weighted by Gasteiger charge is -2.04. The smallest absolute Gasteiger partial charge is 0.131 e. The van der Waals surface area contributed by atoms with Gasteiger partial charge >= 0.3 is 0 Å². The van der Waals surface area contributed by atoms with Crippen LogP contribution >= 0.6 is 11.3 Å². The minimum atomic E-state index is 0.660. The van der Waals surface area contributed by atoms with Crippen LogP contribution in [-0.2, 0) is 19.4 Å². The lowest BCUT2D eigenvalue weighted by atomic mass is 10.1. The van der Waals surface area contributed by atoms with Gasteiger partial charge in [0.15, 0.2) is 0 Å². The maximum absolute atomic E-state index is 5.16. The minimum Gasteiger partial charge on any atom is -0.497 e. The van der Waals surface area contributed by atoms with E-state index in [-0.39, 0.29) is 0 Å². The summed E-state index contributed by atoms with van der Waals surface area (Å²) in [7, 11) is 1.69. The zero-order valence-corrected chi connectivity index (χ0v) is 13.7. The molecule has 0 aliphatic rings. The number of aryl methyl sites for hydroxylation is 2. The highest BCUT2D eigenvalue weighted by atomic mass is 32.1. The normalized spacial score (nSPS) is 11.0. The Morgan fingerprint density at radius 1 is 1.10 bits per heavy atom. The van der Waals surface area contributed by atoms with Crippen molar-refractivity contribution in [2.24, 2.45) is 5.92 Å². The number of aromatic nitrogens is 2. The van der Waals surface area contributed by atoms with Crippen LogP contribution in [0.15, 0.2) is 24.3 Å². The summed E-state index contributed by atoms with van der Waals surface area (Å²) in [6.45, 7) is 6.24. The van der Waals surface area contributed by atoms with E-state index in [0.29, 0.717) is 5.92 Å². The number of methoxy groups -OCH3 is 1. The van der Waals surface area contributed by atoms with E-state index >= 15 is 0 Å². The van der Waals surface area contributed by atoms with Gasteiger partial charge in [-0.05, 0) is 36.6 Å². The molecule has 0 aliphatic carbocycles. The van der Waals surface area contributed by atoms with Crippen LogP contribution in [0.1, 0.15) is 29.4 Å². The Balaban J connectivity index is 1.79. The molecule has 21 heavy (non-hydrogen) atoms. The Bertz CT molecular complexity index is 537. The lowest BCUT2D eigenvalue weighted by Crippen LogP contribution is -2.18. The van der Waals surface area contributed by atoms with Crippen molar-refractivity contribution in [3.63, 3.8) is 0 Å². The summed E-state index contributed by atoms with van der Waals surface area (Å²) in [5.74, 6) is 1.56. The van der Waals surface area contributed by atoms with Gasteiger partial charge in [-0.3, -0.25) is 0 Å². The molecule has 5 heteroatoms. The van der Waals surface area contributed by atoms with Crippen LogP contribution in [0.5, 0.6) is 5.75 Å². The average Bonchev–Trinajstić information content (AvgIpc) is 2.93. The first kappa shape index (κ1) is 15.9. The van der Waals surface area contributed by atoms with Gasteiger partial charge in [-0.15, -0.1) is 21.5 Å². The van der Waals surface area contributed by atoms with E-state index in [2.05, 4.69) is 41.5 Å². The van der Waals surface area contributed by atoms with Gasteiger partial charge in [-0.1, -0.05) is 26.0 Å². The van der Waals surface area contributed by atoms with E-state index in [9.17, 15) is 0 Å². The van der Waals surface area contributed by atoms with Crippen molar-refractivity contribution in [3.8, 4) is 5.75 Å². The Labute approximate surface area is 130 Å². The molecular weight excluding hydrogens is 282 g/mol. The van der Waals surface area contributed by atoms with E-state index in [1.807, 2.05) is 12.1 Å².